The molecule has 0 atom stereocenters. The van der Waals surface area contributed by atoms with E-state index in [-0.39, 0.29) is 18.9 Å². The first-order chi connectivity index (χ1) is 12.7. The number of rotatable bonds is 7. The van der Waals surface area contributed by atoms with Crippen LogP contribution in [0.5, 0.6) is 5.75 Å². The lowest BCUT2D eigenvalue weighted by Crippen LogP contribution is -2.15. The lowest BCUT2D eigenvalue weighted by atomic mass is 10.2. The summed E-state index contributed by atoms with van der Waals surface area (Å²) in [5.74, 6) is 0.488. The van der Waals surface area contributed by atoms with Crippen LogP contribution in [0, 0.1) is 0 Å². The van der Waals surface area contributed by atoms with Gasteiger partial charge < -0.3 is 10.1 Å². The molecule has 0 aliphatic rings. The predicted octanol–water partition coefficient (Wildman–Crippen LogP) is 3.45. The molecule has 134 valence electrons. The Morgan fingerprint density at radius 1 is 1.27 bits per heavy atom. The molecule has 1 aromatic heterocycles. The van der Waals surface area contributed by atoms with Crippen molar-refractivity contribution in [3.05, 3.63) is 53.6 Å². The molecule has 0 saturated heterocycles. The second kappa shape index (κ2) is 8.68. The van der Waals surface area contributed by atoms with Crippen molar-refractivity contribution in [1.29, 1.82) is 0 Å². The zero-order chi connectivity index (χ0) is 18.4. The molecule has 9 heteroatoms. The monoisotopic (exact) mass is 389 g/mol. The molecule has 0 radical (unpaired) electrons. The van der Waals surface area contributed by atoms with E-state index in [0.29, 0.717) is 21.6 Å². The number of hydrogen-bond acceptors (Lipinski definition) is 6. The maximum Gasteiger partial charge on any atom is 0.227 e. The molecule has 3 aromatic rings. The van der Waals surface area contributed by atoms with Crippen molar-refractivity contribution < 1.29 is 9.53 Å². The third-order valence-electron chi connectivity index (χ3n) is 3.39. The van der Waals surface area contributed by atoms with Crippen LogP contribution in [0.4, 0.5) is 5.69 Å². The van der Waals surface area contributed by atoms with Gasteiger partial charge in [0.1, 0.15) is 5.75 Å². The highest BCUT2D eigenvalue weighted by molar-refractivity contribution is 7.98. The second-order valence-electron chi connectivity index (χ2n) is 5.23. The number of aromatic nitrogens is 4. The zero-order valence-corrected chi connectivity index (χ0v) is 15.5. The average Bonchev–Trinajstić information content (AvgIpc) is 3.11. The van der Waals surface area contributed by atoms with Crippen LogP contribution in [0.3, 0.4) is 0 Å². The number of amides is 1. The minimum atomic E-state index is -0.147. The van der Waals surface area contributed by atoms with Crippen molar-refractivity contribution in [2.24, 2.45) is 0 Å². The Morgan fingerprint density at radius 2 is 2.12 bits per heavy atom. The van der Waals surface area contributed by atoms with Crippen LogP contribution in [0.2, 0.25) is 5.02 Å². The molecular weight excluding hydrogens is 374 g/mol. The molecular formula is C17H16ClN5O2S. The van der Waals surface area contributed by atoms with Gasteiger partial charge >= 0.3 is 0 Å². The first-order valence-corrected chi connectivity index (χ1v) is 9.37. The van der Waals surface area contributed by atoms with Crippen molar-refractivity contribution in [1.82, 2.24) is 20.2 Å². The number of carbonyl (C=O) groups is 1. The molecule has 3 rings (SSSR count). The van der Waals surface area contributed by atoms with Gasteiger partial charge in [-0.3, -0.25) is 4.79 Å². The van der Waals surface area contributed by atoms with E-state index >= 15 is 0 Å². The van der Waals surface area contributed by atoms with Crippen LogP contribution < -0.4 is 10.1 Å². The molecule has 0 spiro atoms. The Bertz CT molecular complexity index is 902. The number of nitrogens with zero attached hydrogens (tertiary/aromatic N) is 4. The zero-order valence-electron chi connectivity index (χ0n) is 13.9. The molecule has 0 unspecified atom stereocenters. The van der Waals surface area contributed by atoms with Gasteiger partial charge in [0.25, 0.3) is 0 Å². The van der Waals surface area contributed by atoms with Gasteiger partial charge in [-0.1, -0.05) is 35.5 Å². The summed E-state index contributed by atoms with van der Waals surface area (Å²) in [6.45, 7) is 0.259. The highest BCUT2D eigenvalue weighted by atomic mass is 35.5. The van der Waals surface area contributed by atoms with Gasteiger partial charge in [0.2, 0.25) is 11.1 Å². The summed E-state index contributed by atoms with van der Waals surface area (Å²) in [6, 6.07) is 14.4. The van der Waals surface area contributed by atoms with E-state index in [9.17, 15) is 4.79 Å². The summed E-state index contributed by atoms with van der Waals surface area (Å²) < 4.78 is 7.14. The van der Waals surface area contributed by atoms with Crippen molar-refractivity contribution in [2.75, 3.05) is 18.2 Å². The fourth-order valence-corrected chi connectivity index (χ4v) is 2.84. The highest BCUT2D eigenvalue weighted by Crippen LogP contribution is 2.19. The topological polar surface area (TPSA) is 81.9 Å². The van der Waals surface area contributed by atoms with Gasteiger partial charge in [0.15, 0.2) is 0 Å². The minimum Gasteiger partial charge on any atom is -0.493 e. The Kier molecular flexibility index (Phi) is 6.08. The summed E-state index contributed by atoms with van der Waals surface area (Å²) in [4.78, 5) is 12.1. The first-order valence-electron chi connectivity index (χ1n) is 7.77. The second-order valence-corrected chi connectivity index (χ2v) is 6.44. The summed E-state index contributed by atoms with van der Waals surface area (Å²) >= 11 is 7.34. The minimum absolute atomic E-state index is 0.147. The van der Waals surface area contributed by atoms with E-state index in [1.165, 1.54) is 11.8 Å². The molecule has 0 aliphatic carbocycles. The molecule has 0 saturated carbocycles. The summed E-state index contributed by atoms with van der Waals surface area (Å²) in [5.41, 5.74) is 1.44. The van der Waals surface area contributed by atoms with Gasteiger partial charge in [-0.2, -0.15) is 4.68 Å². The van der Waals surface area contributed by atoms with Crippen LogP contribution in [-0.2, 0) is 4.79 Å². The van der Waals surface area contributed by atoms with E-state index in [0.717, 1.165) is 5.69 Å². The van der Waals surface area contributed by atoms with Gasteiger partial charge in [-0.05, 0) is 53.1 Å². The summed E-state index contributed by atoms with van der Waals surface area (Å²) in [7, 11) is 0. The third kappa shape index (κ3) is 4.74. The van der Waals surface area contributed by atoms with Gasteiger partial charge in [0, 0.05) is 10.7 Å². The van der Waals surface area contributed by atoms with Crippen LogP contribution in [0.1, 0.15) is 6.42 Å². The van der Waals surface area contributed by atoms with Crippen molar-refractivity contribution in [3.63, 3.8) is 0 Å². The van der Waals surface area contributed by atoms with E-state index in [1.807, 2.05) is 30.5 Å². The normalized spacial score (nSPS) is 10.5. The smallest absolute Gasteiger partial charge is 0.227 e. The number of carbonyl (C=O) groups excluding carboxylic acids is 1. The maximum atomic E-state index is 12.1. The molecule has 26 heavy (non-hydrogen) atoms. The summed E-state index contributed by atoms with van der Waals surface area (Å²) in [5, 5.41) is 15.7. The van der Waals surface area contributed by atoms with Gasteiger partial charge in [-0.25, -0.2) is 0 Å². The van der Waals surface area contributed by atoms with Crippen LogP contribution in [-0.4, -0.2) is 39.0 Å². The molecule has 0 bridgehead atoms. The Balaban J connectivity index is 1.57. The largest absolute Gasteiger partial charge is 0.493 e. The average molecular weight is 390 g/mol. The SMILES string of the molecule is CSc1nnnn1-c1cccc(NC(=O)CCOc2cccc(Cl)c2)c1. The van der Waals surface area contributed by atoms with E-state index < -0.39 is 0 Å². The molecule has 1 N–H and O–H groups in total. The quantitative estimate of drug-likeness (QED) is 0.623. The predicted molar refractivity (Wildman–Crippen MR) is 101 cm³/mol. The van der Waals surface area contributed by atoms with E-state index in [2.05, 4.69) is 20.8 Å². The summed E-state index contributed by atoms with van der Waals surface area (Å²) in [6.07, 6.45) is 2.12. The fraction of sp³-hybridized carbons (Fsp3) is 0.176. The molecule has 2 aromatic carbocycles. The number of anilines is 1. The Hall–Kier alpha value is -2.58. The molecule has 0 fully saturated rings. The molecule has 7 nitrogen and oxygen atoms in total. The Morgan fingerprint density at radius 3 is 2.92 bits per heavy atom. The standard InChI is InChI=1S/C17H16ClN5O2S/c1-26-17-20-21-22-23(17)14-6-3-5-13(11-14)19-16(24)8-9-25-15-7-2-4-12(18)10-15/h2-7,10-11H,8-9H2,1H3,(H,19,24). The number of hydrogen-bond donors (Lipinski definition) is 1. The number of thioether (sulfide) groups is 1. The number of halogens is 1. The lowest BCUT2D eigenvalue weighted by Gasteiger charge is -2.09. The highest BCUT2D eigenvalue weighted by Gasteiger charge is 2.09. The van der Waals surface area contributed by atoms with E-state index in [1.54, 1.807) is 28.9 Å². The third-order valence-corrected chi connectivity index (χ3v) is 4.25. The fourth-order valence-electron chi connectivity index (χ4n) is 2.23. The first kappa shape index (κ1) is 18.2. The van der Waals surface area contributed by atoms with Crippen molar-refractivity contribution >= 4 is 35.0 Å². The maximum absolute atomic E-state index is 12.1. The lowest BCUT2D eigenvalue weighted by molar-refractivity contribution is -0.116. The number of tetrazole rings is 1. The number of benzene rings is 2. The molecule has 0 aliphatic heterocycles. The van der Waals surface area contributed by atoms with Crippen molar-refractivity contribution in [2.45, 2.75) is 11.6 Å². The van der Waals surface area contributed by atoms with Gasteiger partial charge in [-0.15, -0.1) is 5.10 Å². The van der Waals surface area contributed by atoms with Crippen LogP contribution >= 0.6 is 23.4 Å². The van der Waals surface area contributed by atoms with Gasteiger partial charge in [0.05, 0.1) is 18.7 Å². The number of ether oxygens (including phenoxy) is 1. The Labute approximate surface area is 159 Å². The van der Waals surface area contributed by atoms with E-state index in [4.69, 9.17) is 16.3 Å². The van der Waals surface area contributed by atoms with Crippen molar-refractivity contribution in [3.8, 4) is 11.4 Å². The van der Waals surface area contributed by atoms with Crippen LogP contribution in [0.25, 0.3) is 5.69 Å². The molecule has 1 heterocycles. The van der Waals surface area contributed by atoms with Crippen LogP contribution in [0.15, 0.2) is 53.7 Å². The molecule has 1 amide bonds. The number of nitrogens with one attached hydrogen (secondary N) is 1.